The second-order valence-electron chi connectivity index (χ2n) is 6.47. The second kappa shape index (κ2) is 12.0. The van der Waals surface area contributed by atoms with Gasteiger partial charge in [0.2, 0.25) is 0 Å². The molecule has 2 N–H and O–H groups in total. The van der Waals surface area contributed by atoms with Gasteiger partial charge in [-0.2, -0.15) is 0 Å². The van der Waals surface area contributed by atoms with Crippen LogP contribution in [0.1, 0.15) is 89.2 Å². The molecule has 0 fully saturated rings. The smallest absolute Gasteiger partial charge is 0.124 e. The molecular formula is C20H33NO2. The predicted molar refractivity (Wildman–Crippen MR) is 97.7 cm³/mol. The monoisotopic (exact) mass is 319 g/mol. The topological polar surface area (TPSA) is 52.8 Å². The average Bonchev–Trinajstić information content (AvgIpc) is 2.57. The fraction of sp³-hybridized carbons (Fsp3) is 0.650. The SMILES string of the molecule is CCCCCCCCCCCCc1ccc(O)c(/C(C)=N\O)c1. The number of benzene rings is 1. The van der Waals surface area contributed by atoms with Crippen molar-refractivity contribution in [3.05, 3.63) is 29.3 Å². The van der Waals surface area contributed by atoms with Crippen LogP contribution >= 0.6 is 0 Å². The summed E-state index contributed by atoms with van der Waals surface area (Å²) in [5.74, 6) is 0.173. The van der Waals surface area contributed by atoms with Crippen molar-refractivity contribution >= 4 is 5.71 Å². The van der Waals surface area contributed by atoms with Crippen molar-refractivity contribution in [3.8, 4) is 5.75 Å². The van der Waals surface area contributed by atoms with E-state index in [0.29, 0.717) is 11.3 Å². The number of hydrogen-bond acceptors (Lipinski definition) is 3. The van der Waals surface area contributed by atoms with Gasteiger partial charge in [0.05, 0.1) is 5.71 Å². The lowest BCUT2D eigenvalue weighted by atomic mass is 10.0. The molecular weight excluding hydrogens is 286 g/mol. The normalized spacial score (nSPS) is 11.8. The molecule has 0 aliphatic carbocycles. The highest BCUT2D eigenvalue weighted by Gasteiger charge is 2.06. The van der Waals surface area contributed by atoms with Crippen molar-refractivity contribution in [3.63, 3.8) is 0 Å². The minimum atomic E-state index is 0.173. The fourth-order valence-electron chi connectivity index (χ4n) is 2.90. The zero-order chi connectivity index (χ0) is 16.9. The lowest BCUT2D eigenvalue weighted by Gasteiger charge is -2.07. The Morgan fingerprint density at radius 2 is 1.48 bits per heavy atom. The molecule has 0 aromatic heterocycles. The van der Waals surface area contributed by atoms with Crippen LogP contribution in [0.15, 0.2) is 23.4 Å². The van der Waals surface area contributed by atoms with E-state index in [2.05, 4.69) is 12.1 Å². The van der Waals surface area contributed by atoms with Gasteiger partial charge in [-0.3, -0.25) is 0 Å². The van der Waals surface area contributed by atoms with Gasteiger partial charge >= 0.3 is 0 Å². The number of unbranched alkanes of at least 4 members (excludes halogenated alkanes) is 9. The summed E-state index contributed by atoms with van der Waals surface area (Å²) in [6.45, 7) is 3.95. The van der Waals surface area contributed by atoms with Crippen molar-refractivity contribution in [2.75, 3.05) is 0 Å². The second-order valence-corrected chi connectivity index (χ2v) is 6.47. The Bertz CT molecular complexity index is 469. The van der Waals surface area contributed by atoms with Crippen molar-refractivity contribution in [2.45, 2.75) is 84.5 Å². The minimum Gasteiger partial charge on any atom is -0.507 e. The highest BCUT2D eigenvalue weighted by Crippen LogP contribution is 2.21. The molecule has 0 saturated heterocycles. The van der Waals surface area contributed by atoms with E-state index >= 15 is 0 Å². The maximum atomic E-state index is 9.79. The van der Waals surface area contributed by atoms with Gasteiger partial charge in [-0.25, -0.2) is 0 Å². The van der Waals surface area contributed by atoms with E-state index in [1.165, 1.54) is 69.8 Å². The van der Waals surface area contributed by atoms with Crippen LogP contribution in [0.5, 0.6) is 5.75 Å². The van der Waals surface area contributed by atoms with Crippen LogP contribution in [-0.4, -0.2) is 16.0 Å². The Kier molecular flexibility index (Phi) is 10.2. The van der Waals surface area contributed by atoms with Crippen molar-refractivity contribution in [1.29, 1.82) is 0 Å². The molecule has 0 aliphatic heterocycles. The fourth-order valence-corrected chi connectivity index (χ4v) is 2.90. The first-order chi connectivity index (χ1) is 11.2. The summed E-state index contributed by atoms with van der Waals surface area (Å²) >= 11 is 0. The third kappa shape index (κ3) is 8.06. The summed E-state index contributed by atoms with van der Waals surface area (Å²) in [6.07, 6.45) is 14.4. The van der Waals surface area contributed by atoms with Crippen LogP contribution in [0.2, 0.25) is 0 Å². The molecule has 130 valence electrons. The molecule has 1 aromatic rings. The number of oxime groups is 1. The molecule has 0 unspecified atom stereocenters. The molecule has 3 heteroatoms. The summed E-state index contributed by atoms with van der Waals surface area (Å²) in [4.78, 5) is 0. The van der Waals surface area contributed by atoms with Crippen LogP contribution in [-0.2, 0) is 6.42 Å². The number of hydrogen-bond donors (Lipinski definition) is 2. The van der Waals surface area contributed by atoms with Crippen LogP contribution < -0.4 is 0 Å². The van der Waals surface area contributed by atoms with E-state index in [9.17, 15) is 5.11 Å². The number of phenols is 1. The van der Waals surface area contributed by atoms with E-state index < -0.39 is 0 Å². The lowest BCUT2D eigenvalue weighted by Crippen LogP contribution is -1.97. The standard InChI is InChI=1S/C20H33NO2/c1-3-4-5-6-7-8-9-10-11-12-13-18-14-15-20(22)19(16-18)17(2)21-23/h14-16,22-23H,3-13H2,1-2H3/b21-17-. The molecule has 0 atom stereocenters. The molecule has 3 nitrogen and oxygen atoms in total. The average molecular weight is 319 g/mol. The molecule has 23 heavy (non-hydrogen) atoms. The van der Waals surface area contributed by atoms with Gasteiger partial charge in [-0.1, -0.05) is 75.9 Å². The molecule has 0 amide bonds. The highest BCUT2D eigenvalue weighted by molar-refractivity contribution is 6.00. The maximum Gasteiger partial charge on any atom is 0.124 e. The first-order valence-electron chi connectivity index (χ1n) is 9.20. The van der Waals surface area contributed by atoms with Gasteiger partial charge < -0.3 is 10.3 Å². The number of aryl methyl sites for hydroxylation is 1. The number of phenolic OH excluding ortho intramolecular Hbond substituents is 1. The first kappa shape index (κ1) is 19.5. The first-order valence-corrected chi connectivity index (χ1v) is 9.20. The summed E-state index contributed by atoms with van der Waals surface area (Å²) in [6, 6.07) is 5.57. The third-order valence-corrected chi connectivity index (χ3v) is 4.42. The summed E-state index contributed by atoms with van der Waals surface area (Å²) < 4.78 is 0. The van der Waals surface area contributed by atoms with Crippen molar-refractivity contribution in [2.24, 2.45) is 5.16 Å². The zero-order valence-electron chi connectivity index (χ0n) is 14.9. The molecule has 0 bridgehead atoms. The van der Waals surface area contributed by atoms with Crippen molar-refractivity contribution in [1.82, 2.24) is 0 Å². The van der Waals surface area contributed by atoms with Gasteiger partial charge in [0.1, 0.15) is 5.75 Å². The molecule has 0 heterocycles. The molecule has 0 spiro atoms. The lowest BCUT2D eigenvalue weighted by molar-refractivity contribution is 0.318. The number of rotatable bonds is 12. The van der Waals surface area contributed by atoms with Crippen molar-refractivity contribution < 1.29 is 10.3 Å². The quantitative estimate of drug-likeness (QED) is 0.213. The van der Waals surface area contributed by atoms with Gasteiger partial charge in [-0.15, -0.1) is 0 Å². The molecule has 0 saturated carbocycles. The van der Waals surface area contributed by atoms with Gasteiger partial charge in [0, 0.05) is 5.56 Å². The van der Waals surface area contributed by atoms with E-state index in [1.807, 2.05) is 12.1 Å². The number of aromatic hydroxyl groups is 1. The largest absolute Gasteiger partial charge is 0.507 e. The van der Waals surface area contributed by atoms with Gasteiger partial charge in [-0.05, 0) is 37.5 Å². The van der Waals surface area contributed by atoms with E-state index in [0.717, 1.165) is 6.42 Å². The minimum absolute atomic E-state index is 0.173. The number of nitrogens with zero attached hydrogens (tertiary/aromatic N) is 1. The van der Waals surface area contributed by atoms with Gasteiger partial charge in [0.25, 0.3) is 0 Å². The predicted octanol–water partition coefficient (Wildman–Crippen LogP) is 6.05. The van der Waals surface area contributed by atoms with E-state index in [4.69, 9.17) is 5.21 Å². The molecule has 1 aromatic carbocycles. The Morgan fingerprint density at radius 3 is 2.04 bits per heavy atom. The van der Waals surface area contributed by atoms with E-state index in [1.54, 1.807) is 13.0 Å². The third-order valence-electron chi connectivity index (χ3n) is 4.42. The van der Waals surface area contributed by atoms with Crippen LogP contribution in [0.25, 0.3) is 0 Å². The highest BCUT2D eigenvalue weighted by atomic mass is 16.4. The Balaban J connectivity index is 2.17. The Hall–Kier alpha value is -1.51. The molecule has 0 radical (unpaired) electrons. The van der Waals surface area contributed by atoms with Crippen LogP contribution in [0.3, 0.4) is 0 Å². The van der Waals surface area contributed by atoms with Crippen LogP contribution in [0.4, 0.5) is 0 Å². The zero-order valence-corrected chi connectivity index (χ0v) is 14.9. The van der Waals surface area contributed by atoms with Gasteiger partial charge in [0.15, 0.2) is 0 Å². The maximum absolute atomic E-state index is 9.79. The molecule has 0 aliphatic rings. The summed E-state index contributed by atoms with van der Waals surface area (Å²) in [5, 5.41) is 21.8. The van der Waals surface area contributed by atoms with E-state index in [-0.39, 0.29) is 5.75 Å². The summed E-state index contributed by atoms with van der Waals surface area (Å²) in [5.41, 5.74) is 2.27. The Morgan fingerprint density at radius 1 is 0.913 bits per heavy atom. The molecule has 1 rings (SSSR count). The summed E-state index contributed by atoms with van der Waals surface area (Å²) in [7, 11) is 0. The Labute approximate surface area is 141 Å². The van der Waals surface area contributed by atoms with Crippen LogP contribution in [0, 0.1) is 0 Å².